The van der Waals surface area contributed by atoms with Gasteiger partial charge in [-0.15, -0.1) is 0 Å². The lowest BCUT2D eigenvalue weighted by molar-refractivity contribution is -0.271. The van der Waals surface area contributed by atoms with Crippen LogP contribution in [0.15, 0.2) is 35.2 Å². The molecule has 39 heavy (non-hydrogen) atoms. The number of esters is 3. The summed E-state index contributed by atoms with van der Waals surface area (Å²) in [5, 5.41) is 12.1. The number of aliphatic hydroxyl groups excluding tert-OH is 1. The Morgan fingerprint density at radius 3 is 2.56 bits per heavy atom. The van der Waals surface area contributed by atoms with E-state index in [4.69, 9.17) is 28.1 Å². The SMILES string of the molecule is COC(=O)/C=C/[C@]12COC(C)(C)[C@@H]1[C@H](O)[C@H](OC(C)=O)[C@]1(C)[C@@H]2CC[C@]2(C)[C@H](c3ccoc3)OC(=O)[C@@H]3O[C@]312. The van der Waals surface area contributed by atoms with Crippen LogP contribution in [0.1, 0.15) is 59.1 Å². The van der Waals surface area contributed by atoms with Gasteiger partial charge in [0.2, 0.25) is 0 Å². The maximum absolute atomic E-state index is 13.4. The van der Waals surface area contributed by atoms with E-state index >= 15 is 0 Å². The Labute approximate surface area is 226 Å². The lowest BCUT2D eigenvalue weighted by Crippen LogP contribution is -2.75. The number of cyclic esters (lactones) is 1. The van der Waals surface area contributed by atoms with Crippen LogP contribution in [0, 0.1) is 28.1 Å². The highest BCUT2D eigenvalue weighted by molar-refractivity contribution is 5.83. The minimum atomic E-state index is -1.18. The predicted molar refractivity (Wildman–Crippen MR) is 133 cm³/mol. The van der Waals surface area contributed by atoms with E-state index < -0.39 is 75.7 Å². The number of hydrogen-bond acceptors (Lipinski definition) is 10. The largest absolute Gasteiger partial charge is 0.472 e. The smallest absolute Gasteiger partial charge is 0.339 e. The molecular formula is C29H36O10. The highest BCUT2D eigenvalue weighted by Gasteiger charge is 2.90. The Kier molecular flexibility index (Phi) is 5.56. The average molecular weight is 545 g/mol. The third kappa shape index (κ3) is 3.11. The number of carbonyl (C=O) groups excluding carboxylic acids is 3. The van der Waals surface area contributed by atoms with Crippen molar-refractivity contribution in [1.82, 2.24) is 0 Å². The summed E-state index contributed by atoms with van der Waals surface area (Å²) >= 11 is 0. The number of rotatable bonds is 4. The van der Waals surface area contributed by atoms with Gasteiger partial charge in [-0.2, -0.15) is 0 Å². The van der Waals surface area contributed by atoms with Crippen LogP contribution in [0.4, 0.5) is 0 Å². The molecule has 6 rings (SSSR count). The fraction of sp³-hybridized carbons (Fsp3) is 0.690. The Balaban J connectivity index is 1.58. The summed E-state index contributed by atoms with van der Waals surface area (Å²) in [7, 11) is 1.31. The molecule has 10 atom stereocenters. The van der Waals surface area contributed by atoms with Gasteiger partial charge in [0, 0.05) is 40.7 Å². The van der Waals surface area contributed by atoms with Crippen molar-refractivity contribution in [2.45, 2.75) is 83.1 Å². The van der Waals surface area contributed by atoms with Crippen molar-refractivity contribution in [2.75, 3.05) is 13.7 Å². The summed E-state index contributed by atoms with van der Waals surface area (Å²) in [4.78, 5) is 38.3. The number of fused-ring (bicyclic) bond motifs is 3. The summed E-state index contributed by atoms with van der Waals surface area (Å²) in [6.07, 6.45) is 3.78. The van der Waals surface area contributed by atoms with E-state index in [2.05, 4.69) is 0 Å². The molecule has 0 aromatic carbocycles. The first kappa shape index (κ1) is 26.5. The van der Waals surface area contributed by atoms with Crippen LogP contribution in [-0.2, 0) is 38.1 Å². The first-order valence-electron chi connectivity index (χ1n) is 13.5. The molecule has 4 heterocycles. The van der Waals surface area contributed by atoms with Crippen molar-refractivity contribution in [2.24, 2.45) is 28.1 Å². The van der Waals surface area contributed by atoms with Crippen molar-refractivity contribution >= 4 is 17.9 Å². The Morgan fingerprint density at radius 2 is 1.92 bits per heavy atom. The van der Waals surface area contributed by atoms with Gasteiger partial charge in [-0.25, -0.2) is 9.59 Å². The number of furan rings is 1. The van der Waals surface area contributed by atoms with Crippen molar-refractivity contribution < 1.29 is 47.6 Å². The standard InChI is InChI=1S/C29H36O10/c1-15(30)37-22-19(32)20-25(2,3)36-14-28(20,11-8-18(31)34-6)17-7-10-26(4)21(16-9-12-35-13-16)38-24(33)23-29(26,39-23)27(17,22)5/h8-9,11-13,17,19-23,32H,7,10,14H2,1-6H3/b11-8+/t17-,19-,20-,21-,22-,23-,26+,27-,28+,29-/m0/s1. The summed E-state index contributed by atoms with van der Waals surface area (Å²) in [6.45, 7) is 9.33. The molecule has 5 aliphatic rings. The zero-order chi connectivity index (χ0) is 28.2. The number of hydrogen-bond donors (Lipinski definition) is 1. The van der Waals surface area contributed by atoms with Gasteiger partial charge >= 0.3 is 17.9 Å². The highest BCUT2D eigenvalue weighted by Crippen LogP contribution is 2.80. The third-order valence-electron chi connectivity index (χ3n) is 10.8. The maximum atomic E-state index is 13.4. The van der Waals surface area contributed by atoms with Gasteiger partial charge in [0.1, 0.15) is 17.8 Å². The summed E-state index contributed by atoms with van der Waals surface area (Å²) in [5.74, 6) is -2.38. The molecule has 3 aliphatic heterocycles. The lowest BCUT2D eigenvalue weighted by atomic mass is 9.37. The molecule has 1 aromatic rings. The van der Waals surface area contributed by atoms with Gasteiger partial charge in [0.25, 0.3) is 0 Å². The molecule has 2 saturated carbocycles. The number of carbonyl (C=O) groups is 3. The molecule has 1 spiro atoms. The Morgan fingerprint density at radius 1 is 1.18 bits per heavy atom. The van der Waals surface area contributed by atoms with E-state index in [9.17, 15) is 19.5 Å². The molecule has 0 unspecified atom stereocenters. The van der Waals surface area contributed by atoms with Gasteiger partial charge in [-0.1, -0.05) is 19.9 Å². The van der Waals surface area contributed by atoms with E-state index in [1.54, 1.807) is 18.4 Å². The highest BCUT2D eigenvalue weighted by atomic mass is 16.7. The quantitative estimate of drug-likeness (QED) is 0.261. The fourth-order valence-corrected chi connectivity index (χ4v) is 9.39. The maximum Gasteiger partial charge on any atom is 0.339 e. The zero-order valence-corrected chi connectivity index (χ0v) is 23.1. The number of methoxy groups -OCH3 is 1. The Hall–Kier alpha value is -2.69. The second-order valence-electron chi connectivity index (χ2n) is 12.8. The van der Waals surface area contributed by atoms with Crippen molar-refractivity contribution in [3.8, 4) is 0 Å². The number of aliphatic hydroxyl groups is 1. The molecule has 0 bridgehead atoms. The molecule has 2 aliphatic carbocycles. The monoisotopic (exact) mass is 544 g/mol. The topological polar surface area (TPSA) is 134 Å². The van der Waals surface area contributed by atoms with Crippen molar-refractivity contribution in [3.05, 3.63) is 36.3 Å². The summed E-state index contributed by atoms with van der Waals surface area (Å²) in [6, 6.07) is 1.78. The second kappa shape index (κ2) is 8.17. The first-order valence-corrected chi connectivity index (χ1v) is 13.5. The molecule has 212 valence electrons. The second-order valence-corrected chi connectivity index (χ2v) is 12.8. The van der Waals surface area contributed by atoms with Crippen LogP contribution >= 0.6 is 0 Å². The van der Waals surface area contributed by atoms with Gasteiger partial charge in [0.05, 0.1) is 37.9 Å². The van der Waals surface area contributed by atoms with Crippen molar-refractivity contribution in [1.29, 1.82) is 0 Å². The van der Waals surface area contributed by atoms with Crippen LogP contribution in [0.5, 0.6) is 0 Å². The molecule has 3 saturated heterocycles. The van der Waals surface area contributed by atoms with Gasteiger partial charge in [-0.05, 0) is 38.7 Å². The normalized spacial score (nSPS) is 47.3. The van der Waals surface area contributed by atoms with Gasteiger partial charge < -0.3 is 33.2 Å². The van der Waals surface area contributed by atoms with E-state index in [-0.39, 0.29) is 12.5 Å². The lowest BCUT2D eigenvalue weighted by Gasteiger charge is -2.67. The van der Waals surface area contributed by atoms with E-state index in [1.165, 1.54) is 26.4 Å². The predicted octanol–water partition coefficient (Wildman–Crippen LogP) is 2.88. The van der Waals surface area contributed by atoms with Crippen LogP contribution in [0.25, 0.3) is 0 Å². The minimum absolute atomic E-state index is 0.231. The Bertz CT molecular complexity index is 1240. The van der Waals surface area contributed by atoms with Crippen molar-refractivity contribution in [3.63, 3.8) is 0 Å². The van der Waals surface area contributed by atoms with Gasteiger partial charge in [0.15, 0.2) is 6.10 Å². The molecule has 0 amide bonds. The van der Waals surface area contributed by atoms with E-state index in [0.717, 1.165) is 0 Å². The molecule has 5 fully saturated rings. The van der Waals surface area contributed by atoms with Crippen LogP contribution in [-0.4, -0.2) is 66.2 Å². The molecule has 10 heteroatoms. The third-order valence-corrected chi connectivity index (χ3v) is 10.8. The fourth-order valence-electron chi connectivity index (χ4n) is 9.39. The average Bonchev–Trinajstić information content (AvgIpc) is 3.33. The van der Waals surface area contributed by atoms with Crippen LogP contribution in [0.2, 0.25) is 0 Å². The minimum Gasteiger partial charge on any atom is -0.472 e. The molecule has 0 radical (unpaired) electrons. The number of ether oxygens (including phenoxy) is 5. The molecule has 1 N–H and O–H groups in total. The van der Waals surface area contributed by atoms with Crippen LogP contribution in [0.3, 0.4) is 0 Å². The molecule has 1 aromatic heterocycles. The molecular weight excluding hydrogens is 508 g/mol. The first-order chi connectivity index (χ1) is 18.3. The molecule has 10 nitrogen and oxygen atoms in total. The zero-order valence-electron chi connectivity index (χ0n) is 23.1. The number of epoxide rings is 1. The summed E-state index contributed by atoms with van der Waals surface area (Å²) < 4.78 is 35.0. The van der Waals surface area contributed by atoms with E-state index in [0.29, 0.717) is 18.4 Å². The van der Waals surface area contributed by atoms with Crippen LogP contribution < -0.4 is 0 Å². The summed E-state index contributed by atoms with van der Waals surface area (Å²) in [5.41, 5.74) is -3.82. The van der Waals surface area contributed by atoms with E-state index in [1.807, 2.05) is 27.7 Å². The van der Waals surface area contributed by atoms with Gasteiger partial charge in [-0.3, -0.25) is 4.79 Å².